The Balaban J connectivity index is 2.66. The zero-order valence-electron chi connectivity index (χ0n) is 9.58. The molecule has 1 radical (unpaired) electrons. The molecule has 0 aliphatic carbocycles. The van der Waals surface area contributed by atoms with Crippen LogP contribution in [-0.2, 0) is 6.42 Å². The van der Waals surface area contributed by atoms with Crippen molar-refractivity contribution < 1.29 is 9.47 Å². The van der Waals surface area contributed by atoms with E-state index in [4.69, 9.17) is 9.47 Å². The van der Waals surface area contributed by atoms with Gasteiger partial charge in [0.1, 0.15) is 0 Å². The Morgan fingerprint density at radius 1 is 1.07 bits per heavy atom. The number of hydrogen-bond donors (Lipinski definition) is 0. The highest BCUT2D eigenvalue weighted by atomic mass is 16.5. The van der Waals surface area contributed by atoms with Crippen molar-refractivity contribution in [3.63, 3.8) is 0 Å². The molecule has 0 aliphatic rings. The summed E-state index contributed by atoms with van der Waals surface area (Å²) in [5.74, 6) is 1.60. The predicted octanol–water partition coefficient (Wildman–Crippen LogP) is 3.25. The van der Waals surface area contributed by atoms with Gasteiger partial charge in [0, 0.05) is 0 Å². The molecule has 83 valence electrons. The van der Waals surface area contributed by atoms with Gasteiger partial charge in [-0.15, -0.1) is 0 Å². The quantitative estimate of drug-likeness (QED) is 0.667. The molecule has 0 saturated carbocycles. The van der Waals surface area contributed by atoms with Crippen molar-refractivity contribution in [3.8, 4) is 11.5 Å². The normalized spacial score (nSPS) is 10.1. The van der Waals surface area contributed by atoms with Crippen molar-refractivity contribution in [3.05, 3.63) is 30.7 Å². The van der Waals surface area contributed by atoms with Gasteiger partial charge in [0.05, 0.1) is 14.2 Å². The first-order chi connectivity index (χ1) is 7.31. The standard InChI is InChI=1S/C13H19O2/c1-4-5-6-7-11-8-9-12(14-2)13(10-11)15-3/h8-10H,1,4-7H2,2-3H3. The third-order valence-corrected chi connectivity index (χ3v) is 2.41. The van der Waals surface area contributed by atoms with E-state index in [0.717, 1.165) is 24.3 Å². The topological polar surface area (TPSA) is 18.5 Å². The summed E-state index contributed by atoms with van der Waals surface area (Å²) in [4.78, 5) is 0. The molecular weight excluding hydrogens is 188 g/mol. The molecule has 1 aromatic carbocycles. The summed E-state index contributed by atoms with van der Waals surface area (Å²) in [6.07, 6.45) is 4.44. The number of hydrogen-bond acceptors (Lipinski definition) is 2. The van der Waals surface area contributed by atoms with Gasteiger partial charge >= 0.3 is 0 Å². The first kappa shape index (κ1) is 11.9. The van der Waals surface area contributed by atoms with Crippen LogP contribution in [0.2, 0.25) is 0 Å². The maximum Gasteiger partial charge on any atom is 0.160 e. The minimum Gasteiger partial charge on any atom is -0.493 e. The van der Waals surface area contributed by atoms with Gasteiger partial charge in [-0.2, -0.15) is 0 Å². The average molecular weight is 207 g/mol. The second-order valence-electron chi connectivity index (χ2n) is 3.50. The van der Waals surface area contributed by atoms with Crippen LogP contribution in [0.5, 0.6) is 11.5 Å². The number of rotatable bonds is 6. The fourth-order valence-corrected chi connectivity index (χ4v) is 1.54. The van der Waals surface area contributed by atoms with Crippen molar-refractivity contribution in [2.24, 2.45) is 0 Å². The maximum absolute atomic E-state index is 5.25. The van der Waals surface area contributed by atoms with Gasteiger partial charge in [0.25, 0.3) is 0 Å². The van der Waals surface area contributed by atoms with Gasteiger partial charge in [0.2, 0.25) is 0 Å². The molecule has 1 aromatic rings. The van der Waals surface area contributed by atoms with E-state index < -0.39 is 0 Å². The van der Waals surface area contributed by atoms with Crippen molar-refractivity contribution in [1.82, 2.24) is 0 Å². The summed E-state index contributed by atoms with van der Waals surface area (Å²) in [5, 5.41) is 0. The third kappa shape index (κ3) is 3.46. The van der Waals surface area contributed by atoms with Crippen molar-refractivity contribution in [2.75, 3.05) is 14.2 Å². The lowest BCUT2D eigenvalue weighted by molar-refractivity contribution is 0.354. The third-order valence-electron chi connectivity index (χ3n) is 2.41. The highest BCUT2D eigenvalue weighted by Gasteiger charge is 2.03. The van der Waals surface area contributed by atoms with Crippen molar-refractivity contribution in [1.29, 1.82) is 0 Å². The van der Waals surface area contributed by atoms with Gasteiger partial charge < -0.3 is 9.47 Å². The Morgan fingerprint density at radius 3 is 2.40 bits per heavy atom. The van der Waals surface area contributed by atoms with Gasteiger partial charge in [-0.3, -0.25) is 0 Å². The summed E-state index contributed by atoms with van der Waals surface area (Å²) < 4.78 is 10.4. The van der Waals surface area contributed by atoms with E-state index in [9.17, 15) is 0 Å². The Morgan fingerprint density at radius 2 is 1.80 bits per heavy atom. The molecule has 0 N–H and O–H groups in total. The number of unbranched alkanes of at least 4 members (excludes halogenated alkanes) is 2. The molecule has 0 unspecified atom stereocenters. The lowest BCUT2D eigenvalue weighted by Gasteiger charge is -2.09. The van der Waals surface area contributed by atoms with E-state index in [0.29, 0.717) is 0 Å². The SMILES string of the molecule is [CH2]CCCCc1ccc(OC)c(OC)c1. The molecule has 0 spiro atoms. The molecular formula is C13H19O2. The monoisotopic (exact) mass is 207 g/mol. The number of ether oxygens (including phenoxy) is 2. The lowest BCUT2D eigenvalue weighted by Crippen LogP contribution is -1.92. The fourth-order valence-electron chi connectivity index (χ4n) is 1.54. The summed E-state index contributed by atoms with van der Waals surface area (Å²) in [6, 6.07) is 6.09. The van der Waals surface area contributed by atoms with Crippen LogP contribution in [-0.4, -0.2) is 14.2 Å². The Hall–Kier alpha value is -1.18. The molecule has 0 aliphatic heterocycles. The molecule has 1 rings (SSSR count). The zero-order valence-corrected chi connectivity index (χ0v) is 9.58. The van der Waals surface area contributed by atoms with Crippen LogP contribution < -0.4 is 9.47 Å². The number of benzene rings is 1. The maximum atomic E-state index is 5.25. The Bertz CT molecular complexity index is 295. The largest absolute Gasteiger partial charge is 0.493 e. The van der Waals surface area contributed by atoms with Crippen molar-refractivity contribution >= 4 is 0 Å². The molecule has 15 heavy (non-hydrogen) atoms. The van der Waals surface area contributed by atoms with E-state index in [1.165, 1.54) is 18.4 Å². The van der Waals surface area contributed by atoms with E-state index >= 15 is 0 Å². The van der Waals surface area contributed by atoms with E-state index in [1.54, 1.807) is 14.2 Å². The van der Waals surface area contributed by atoms with E-state index in [-0.39, 0.29) is 0 Å². The zero-order chi connectivity index (χ0) is 11.1. The molecule has 0 saturated heterocycles. The smallest absolute Gasteiger partial charge is 0.160 e. The first-order valence-corrected chi connectivity index (χ1v) is 5.32. The summed E-state index contributed by atoms with van der Waals surface area (Å²) in [5.41, 5.74) is 1.29. The molecule has 0 aromatic heterocycles. The minimum atomic E-state index is 0.790. The fraction of sp³-hybridized carbons (Fsp3) is 0.462. The van der Waals surface area contributed by atoms with Crippen LogP contribution in [0.1, 0.15) is 24.8 Å². The molecule has 2 heteroatoms. The molecule has 0 fully saturated rings. The predicted molar refractivity (Wildman–Crippen MR) is 62.5 cm³/mol. The second kappa shape index (κ2) is 6.33. The molecule has 0 heterocycles. The molecule has 0 atom stereocenters. The van der Waals surface area contributed by atoms with E-state index in [2.05, 4.69) is 13.0 Å². The summed E-state index contributed by atoms with van der Waals surface area (Å²) in [6.45, 7) is 3.83. The highest BCUT2D eigenvalue weighted by molar-refractivity contribution is 5.42. The highest BCUT2D eigenvalue weighted by Crippen LogP contribution is 2.28. The minimum absolute atomic E-state index is 0.790. The van der Waals surface area contributed by atoms with Crippen LogP contribution >= 0.6 is 0 Å². The van der Waals surface area contributed by atoms with Crippen LogP contribution in [0.25, 0.3) is 0 Å². The summed E-state index contributed by atoms with van der Waals surface area (Å²) in [7, 11) is 3.32. The number of methoxy groups -OCH3 is 2. The summed E-state index contributed by atoms with van der Waals surface area (Å²) >= 11 is 0. The van der Waals surface area contributed by atoms with Crippen LogP contribution in [0.4, 0.5) is 0 Å². The van der Waals surface area contributed by atoms with Gasteiger partial charge in [-0.1, -0.05) is 25.8 Å². The van der Waals surface area contributed by atoms with Gasteiger partial charge in [-0.05, 0) is 30.5 Å². The van der Waals surface area contributed by atoms with Gasteiger partial charge in [0.15, 0.2) is 11.5 Å². The number of aryl methyl sites for hydroxylation is 1. The van der Waals surface area contributed by atoms with Gasteiger partial charge in [-0.25, -0.2) is 0 Å². The molecule has 0 bridgehead atoms. The second-order valence-corrected chi connectivity index (χ2v) is 3.50. The van der Waals surface area contributed by atoms with Crippen LogP contribution in [0, 0.1) is 6.92 Å². The Labute approximate surface area is 92.2 Å². The lowest BCUT2D eigenvalue weighted by atomic mass is 10.1. The molecule has 2 nitrogen and oxygen atoms in total. The average Bonchev–Trinajstić information content (AvgIpc) is 2.29. The van der Waals surface area contributed by atoms with Crippen LogP contribution in [0.3, 0.4) is 0 Å². The molecule has 0 amide bonds. The van der Waals surface area contributed by atoms with E-state index in [1.807, 2.05) is 12.1 Å². The van der Waals surface area contributed by atoms with Crippen LogP contribution in [0.15, 0.2) is 18.2 Å². The Kier molecular flexibility index (Phi) is 5.02. The first-order valence-electron chi connectivity index (χ1n) is 5.32. The van der Waals surface area contributed by atoms with Crippen molar-refractivity contribution in [2.45, 2.75) is 25.7 Å².